The third-order valence-electron chi connectivity index (χ3n) is 1.80. The molecule has 5 heteroatoms. The highest BCUT2D eigenvalue weighted by atomic mass is 32.1. The van der Waals surface area contributed by atoms with Crippen LogP contribution in [0.15, 0.2) is 23.1 Å². The van der Waals surface area contributed by atoms with Crippen LogP contribution >= 0.6 is 12.2 Å². The second-order valence-electron chi connectivity index (χ2n) is 2.79. The standard InChI is InChI=1S/C9H12N2O2S/c1-13-7-3-2-5-11(9(7)12)6-4-8(10)14/h2-3,5H,4,6H2,1H3,(H2,10,14). The Hall–Kier alpha value is -1.36. The lowest BCUT2D eigenvalue weighted by Crippen LogP contribution is -2.23. The van der Waals surface area contributed by atoms with E-state index in [2.05, 4.69) is 0 Å². The Balaban J connectivity index is 2.87. The van der Waals surface area contributed by atoms with Gasteiger partial charge in [-0.15, -0.1) is 0 Å². The zero-order valence-electron chi connectivity index (χ0n) is 7.90. The van der Waals surface area contributed by atoms with Gasteiger partial charge in [-0.2, -0.15) is 0 Å². The van der Waals surface area contributed by atoms with Crippen molar-refractivity contribution in [1.82, 2.24) is 4.57 Å². The van der Waals surface area contributed by atoms with E-state index in [4.69, 9.17) is 22.7 Å². The average Bonchev–Trinajstić information content (AvgIpc) is 2.16. The highest BCUT2D eigenvalue weighted by Crippen LogP contribution is 2.00. The lowest BCUT2D eigenvalue weighted by molar-refractivity contribution is 0.402. The number of rotatable bonds is 4. The van der Waals surface area contributed by atoms with Crippen molar-refractivity contribution in [3.63, 3.8) is 0 Å². The molecule has 0 saturated carbocycles. The number of thiocarbonyl (C=S) groups is 1. The molecule has 0 aliphatic heterocycles. The number of nitrogens with two attached hydrogens (primary N) is 1. The first-order valence-electron chi connectivity index (χ1n) is 4.17. The van der Waals surface area contributed by atoms with Gasteiger partial charge in [0.1, 0.15) is 0 Å². The highest BCUT2D eigenvalue weighted by Gasteiger charge is 2.02. The second-order valence-corrected chi connectivity index (χ2v) is 3.32. The van der Waals surface area contributed by atoms with Crippen LogP contribution in [0.4, 0.5) is 0 Å². The smallest absolute Gasteiger partial charge is 0.292 e. The van der Waals surface area contributed by atoms with Gasteiger partial charge in [-0.05, 0) is 12.1 Å². The minimum Gasteiger partial charge on any atom is -0.491 e. The number of aryl methyl sites for hydroxylation is 1. The van der Waals surface area contributed by atoms with E-state index < -0.39 is 0 Å². The molecule has 0 unspecified atom stereocenters. The van der Waals surface area contributed by atoms with Crippen LogP contribution in [-0.4, -0.2) is 16.7 Å². The molecular formula is C9H12N2O2S. The Morgan fingerprint density at radius 2 is 2.43 bits per heavy atom. The van der Waals surface area contributed by atoms with Gasteiger partial charge in [-0.3, -0.25) is 4.79 Å². The van der Waals surface area contributed by atoms with E-state index in [1.807, 2.05) is 0 Å². The Bertz CT molecular complexity index is 387. The number of hydrogen-bond acceptors (Lipinski definition) is 3. The van der Waals surface area contributed by atoms with E-state index in [0.29, 0.717) is 23.7 Å². The number of methoxy groups -OCH3 is 1. The Labute approximate surface area is 87.3 Å². The molecule has 0 aliphatic rings. The molecule has 0 radical (unpaired) electrons. The molecule has 1 heterocycles. The van der Waals surface area contributed by atoms with Gasteiger partial charge in [-0.25, -0.2) is 0 Å². The van der Waals surface area contributed by atoms with Crippen LogP contribution in [-0.2, 0) is 6.54 Å². The van der Waals surface area contributed by atoms with Gasteiger partial charge in [0.2, 0.25) is 0 Å². The Kier molecular flexibility index (Phi) is 3.64. The van der Waals surface area contributed by atoms with Crippen molar-refractivity contribution in [2.75, 3.05) is 7.11 Å². The molecule has 1 aromatic rings. The van der Waals surface area contributed by atoms with Crippen LogP contribution < -0.4 is 16.0 Å². The molecule has 1 rings (SSSR count). The summed E-state index contributed by atoms with van der Waals surface area (Å²) in [4.78, 5) is 12.0. The maximum absolute atomic E-state index is 11.6. The molecule has 4 nitrogen and oxygen atoms in total. The maximum Gasteiger partial charge on any atom is 0.292 e. The van der Waals surface area contributed by atoms with Crippen molar-refractivity contribution < 1.29 is 4.74 Å². The van der Waals surface area contributed by atoms with Crippen LogP contribution in [0.5, 0.6) is 5.75 Å². The van der Waals surface area contributed by atoms with Crippen LogP contribution in [0.25, 0.3) is 0 Å². The molecule has 0 spiro atoms. The fourth-order valence-corrected chi connectivity index (χ4v) is 1.17. The van der Waals surface area contributed by atoms with Crippen molar-refractivity contribution in [3.05, 3.63) is 28.7 Å². The van der Waals surface area contributed by atoms with Gasteiger partial charge in [0.15, 0.2) is 5.75 Å². The average molecular weight is 212 g/mol. The predicted octanol–water partition coefficient (Wildman–Crippen LogP) is 0.533. The molecule has 14 heavy (non-hydrogen) atoms. The van der Waals surface area contributed by atoms with Crippen molar-refractivity contribution in [3.8, 4) is 5.75 Å². The van der Waals surface area contributed by atoms with E-state index in [0.717, 1.165) is 0 Å². The predicted molar refractivity (Wildman–Crippen MR) is 58.7 cm³/mol. The first kappa shape index (κ1) is 10.7. The molecule has 0 aromatic carbocycles. The van der Waals surface area contributed by atoms with Gasteiger partial charge in [0.05, 0.1) is 12.1 Å². The minimum absolute atomic E-state index is 0.161. The number of ether oxygens (including phenoxy) is 1. The monoisotopic (exact) mass is 212 g/mol. The van der Waals surface area contributed by atoms with Crippen molar-refractivity contribution >= 4 is 17.2 Å². The molecule has 0 saturated heterocycles. The second kappa shape index (κ2) is 4.76. The van der Waals surface area contributed by atoms with Crippen molar-refractivity contribution in [1.29, 1.82) is 0 Å². The van der Waals surface area contributed by atoms with Gasteiger partial charge in [0, 0.05) is 19.2 Å². The molecule has 0 atom stereocenters. The van der Waals surface area contributed by atoms with Crippen LogP contribution in [0.3, 0.4) is 0 Å². The van der Waals surface area contributed by atoms with Gasteiger partial charge >= 0.3 is 0 Å². The van der Waals surface area contributed by atoms with Crippen LogP contribution in [0.2, 0.25) is 0 Å². The third-order valence-corrected chi connectivity index (χ3v) is 2.01. The zero-order valence-corrected chi connectivity index (χ0v) is 8.71. The van der Waals surface area contributed by atoms with E-state index in [1.165, 1.54) is 11.7 Å². The Morgan fingerprint density at radius 3 is 3.00 bits per heavy atom. The number of aromatic nitrogens is 1. The summed E-state index contributed by atoms with van der Waals surface area (Å²) in [5.74, 6) is 0.329. The van der Waals surface area contributed by atoms with E-state index >= 15 is 0 Å². The molecule has 2 N–H and O–H groups in total. The summed E-state index contributed by atoms with van der Waals surface area (Å²) in [5.41, 5.74) is 5.18. The highest BCUT2D eigenvalue weighted by molar-refractivity contribution is 7.80. The van der Waals surface area contributed by atoms with Gasteiger partial charge in [-0.1, -0.05) is 12.2 Å². The molecular weight excluding hydrogens is 200 g/mol. The SMILES string of the molecule is COc1cccn(CCC(N)=S)c1=O. The van der Waals surface area contributed by atoms with Crippen molar-refractivity contribution in [2.45, 2.75) is 13.0 Å². The number of pyridine rings is 1. The first-order valence-corrected chi connectivity index (χ1v) is 4.57. The third kappa shape index (κ3) is 2.56. The minimum atomic E-state index is -0.161. The van der Waals surface area contributed by atoms with E-state index in [9.17, 15) is 4.79 Å². The number of nitrogens with zero attached hydrogens (tertiary/aromatic N) is 1. The summed E-state index contributed by atoms with van der Waals surface area (Å²) >= 11 is 4.73. The van der Waals surface area contributed by atoms with Crippen molar-refractivity contribution in [2.24, 2.45) is 5.73 Å². The van der Waals surface area contributed by atoms with Crippen LogP contribution in [0, 0.1) is 0 Å². The lowest BCUT2D eigenvalue weighted by Gasteiger charge is -2.06. The molecule has 1 aromatic heterocycles. The molecule has 0 fully saturated rings. The summed E-state index contributed by atoms with van der Waals surface area (Å²) in [5, 5.41) is 0. The molecule has 0 amide bonds. The van der Waals surface area contributed by atoms with Crippen LogP contribution in [0.1, 0.15) is 6.42 Å². The summed E-state index contributed by atoms with van der Waals surface area (Å²) < 4.78 is 6.42. The Morgan fingerprint density at radius 1 is 1.71 bits per heavy atom. The summed E-state index contributed by atoms with van der Waals surface area (Å²) in [7, 11) is 1.47. The van der Waals surface area contributed by atoms with E-state index in [1.54, 1.807) is 18.3 Å². The quantitative estimate of drug-likeness (QED) is 0.740. The molecule has 0 bridgehead atoms. The fourth-order valence-electron chi connectivity index (χ4n) is 1.08. The molecule has 76 valence electrons. The lowest BCUT2D eigenvalue weighted by atomic mass is 10.4. The van der Waals surface area contributed by atoms with Gasteiger partial charge in [0.25, 0.3) is 5.56 Å². The first-order chi connectivity index (χ1) is 6.65. The maximum atomic E-state index is 11.6. The normalized spacial score (nSPS) is 9.79. The largest absolute Gasteiger partial charge is 0.491 e. The van der Waals surface area contributed by atoms with Gasteiger partial charge < -0.3 is 15.0 Å². The summed E-state index contributed by atoms with van der Waals surface area (Å²) in [6.45, 7) is 0.491. The zero-order chi connectivity index (χ0) is 10.6. The fraction of sp³-hybridized carbons (Fsp3) is 0.333. The summed E-state index contributed by atoms with van der Waals surface area (Å²) in [6, 6.07) is 3.37. The topological polar surface area (TPSA) is 57.2 Å². The number of hydrogen-bond donors (Lipinski definition) is 1. The molecule has 0 aliphatic carbocycles. The van der Waals surface area contributed by atoms with E-state index in [-0.39, 0.29) is 5.56 Å². The summed E-state index contributed by atoms with van der Waals surface area (Å²) in [6.07, 6.45) is 2.20.